The van der Waals surface area contributed by atoms with Gasteiger partial charge >= 0.3 is 0 Å². The lowest BCUT2D eigenvalue weighted by Crippen LogP contribution is -2.02. The van der Waals surface area contributed by atoms with E-state index < -0.39 is 0 Å². The Morgan fingerprint density at radius 2 is 1.87 bits per heavy atom. The van der Waals surface area contributed by atoms with Gasteiger partial charge in [-0.1, -0.05) is 12.1 Å². The van der Waals surface area contributed by atoms with Crippen LogP contribution in [0.4, 0.5) is 0 Å². The molecular weight excluding hydrogens is 186 g/mol. The first-order chi connectivity index (χ1) is 7.32. The van der Waals surface area contributed by atoms with Crippen molar-refractivity contribution >= 4 is 0 Å². The fraction of sp³-hybridized carbons (Fsp3) is 0.462. The van der Waals surface area contributed by atoms with Crippen molar-refractivity contribution < 1.29 is 4.74 Å². The molecule has 15 heavy (non-hydrogen) atoms. The minimum absolute atomic E-state index is 0.169. The first-order valence-electron chi connectivity index (χ1n) is 5.51. The number of hydrogen-bond acceptors (Lipinski definition) is 2. The highest BCUT2D eigenvalue weighted by atomic mass is 16.5. The van der Waals surface area contributed by atoms with E-state index in [-0.39, 0.29) is 5.41 Å². The van der Waals surface area contributed by atoms with Crippen LogP contribution in [0, 0.1) is 11.3 Å². The van der Waals surface area contributed by atoms with Gasteiger partial charge in [-0.15, -0.1) is 0 Å². The Kier molecular flexibility index (Phi) is 1.76. The summed E-state index contributed by atoms with van der Waals surface area (Å²) in [6.45, 7) is 0. The van der Waals surface area contributed by atoms with Crippen molar-refractivity contribution in [3.8, 4) is 11.8 Å². The number of rotatable bonds is 3. The number of ether oxygens (including phenoxy) is 1. The Hall–Kier alpha value is -1.49. The molecule has 0 N–H and O–H groups in total. The van der Waals surface area contributed by atoms with E-state index in [0.29, 0.717) is 6.10 Å². The third kappa shape index (κ3) is 1.59. The van der Waals surface area contributed by atoms with Crippen LogP contribution in [0.5, 0.6) is 5.75 Å². The maximum atomic E-state index is 9.05. The summed E-state index contributed by atoms with van der Waals surface area (Å²) >= 11 is 0. The van der Waals surface area contributed by atoms with Gasteiger partial charge < -0.3 is 4.74 Å². The standard InChI is InChI=1S/C13H13NO/c14-9-13(7-8-13)10-1-3-11(4-2-10)15-12-5-6-12/h1-4,12H,5-8H2. The van der Waals surface area contributed by atoms with E-state index in [1.54, 1.807) is 0 Å². The second-order valence-electron chi connectivity index (χ2n) is 4.54. The van der Waals surface area contributed by atoms with Gasteiger partial charge in [0.1, 0.15) is 5.75 Å². The van der Waals surface area contributed by atoms with Gasteiger partial charge in [-0.3, -0.25) is 0 Å². The molecule has 0 spiro atoms. The second kappa shape index (κ2) is 3.00. The van der Waals surface area contributed by atoms with Gasteiger partial charge in [0.25, 0.3) is 0 Å². The lowest BCUT2D eigenvalue weighted by molar-refractivity contribution is 0.303. The lowest BCUT2D eigenvalue weighted by atomic mass is 9.98. The molecule has 2 aliphatic carbocycles. The molecule has 0 aliphatic heterocycles. The molecule has 0 heterocycles. The van der Waals surface area contributed by atoms with Gasteiger partial charge in [0.2, 0.25) is 0 Å². The molecule has 2 saturated carbocycles. The number of hydrogen-bond donors (Lipinski definition) is 0. The van der Waals surface area contributed by atoms with Crippen LogP contribution in [0.15, 0.2) is 24.3 Å². The number of nitrogens with zero attached hydrogens (tertiary/aromatic N) is 1. The van der Waals surface area contributed by atoms with Crippen molar-refractivity contribution in [3.63, 3.8) is 0 Å². The first kappa shape index (κ1) is 8.79. The summed E-state index contributed by atoms with van der Waals surface area (Å²) in [5, 5.41) is 9.05. The monoisotopic (exact) mass is 199 g/mol. The first-order valence-corrected chi connectivity index (χ1v) is 5.51. The number of benzene rings is 1. The van der Waals surface area contributed by atoms with E-state index in [1.807, 2.05) is 24.3 Å². The Balaban J connectivity index is 1.78. The molecule has 1 aromatic carbocycles. The summed E-state index contributed by atoms with van der Waals surface area (Å²) in [6.07, 6.45) is 4.83. The zero-order valence-electron chi connectivity index (χ0n) is 8.57. The van der Waals surface area contributed by atoms with Gasteiger partial charge in [0, 0.05) is 0 Å². The average molecular weight is 199 g/mol. The van der Waals surface area contributed by atoms with Crippen LogP contribution in [0.2, 0.25) is 0 Å². The Labute approximate surface area is 89.5 Å². The summed E-state index contributed by atoms with van der Waals surface area (Å²) < 4.78 is 5.66. The SMILES string of the molecule is N#CC1(c2ccc(OC3CC3)cc2)CC1. The van der Waals surface area contributed by atoms with Crippen molar-refractivity contribution in [2.24, 2.45) is 0 Å². The third-order valence-electron chi connectivity index (χ3n) is 3.20. The van der Waals surface area contributed by atoms with Crippen molar-refractivity contribution in [2.75, 3.05) is 0 Å². The van der Waals surface area contributed by atoms with E-state index in [1.165, 1.54) is 12.8 Å². The molecule has 0 amide bonds. The highest BCUT2D eigenvalue weighted by Gasteiger charge is 2.44. The zero-order chi connectivity index (χ0) is 10.3. The fourth-order valence-corrected chi connectivity index (χ4v) is 1.82. The van der Waals surface area contributed by atoms with E-state index >= 15 is 0 Å². The molecule has 0 aromatic heterocycles. The van der Waals surface area contributed by atoms with Crippen LogP contribution in [0.3, 0.4) is 0 Å². The Bertz CT molecular complexity index is 407. The van der Waals surface area contributed by atoms with Crippen molar-refractivity contribution in [2.45, 2.75) is 37.2 Å². The predicted molar refractivity (Wildman–Crippen MR) is 56.6 cm³/mol. The summed E-state index contributed by atoms with van der Waals surface area (Å²) in [6, 6.07) is 10.5. The molecule has 0 radical (unpaired) electrons. The lowest BCUT2D eigenvalue weighted by Gasteiger charge is -2.08. The Morgan fingerprint density at radius 1 is 1.20 bits per heavy atom. The molecule has 0 unspecified atom stereocenters. The molecule has 0 bridgehead atoms. The normalized spacial score (nSPS) is 21.8. The molecule has 2 fully saturated rings. The molecule has 2 heteroatoms. The minimum atomic E-state index is -0.169. The van der Waals surface area contributed by atoms with Crippen molar-refractivity contribution in [1.29, 1.82) is 5.26 Å². The van der Waals surface area contributed by atoms with Gasteiger partial charge in [-0.2, -0.15) is 5.26 Å². The average Bonchev–Trinajstić information content (AvgIpc) is 3.14. The van der Waals surface area contributed by atoms with Crippen LogP contribution >= 0.6 is 0 Å². The summed E-state index contributed by atoms with van der Waals surface area (Å²) in [4.78, 5) is 0. The summed E-state index contributed by atoms with van der Waals surface area (Å²) in [5.41, 5.74) is 0.978. The van der Waals surface area contributed by atoms with Gasteiger partial charge in [0.05, 0.1) is 17.6 Å². The maximum absolute atomic E-state index is 9.05. The van der Waals surface area contributed by atoms with Crippen molar-refractivity contribution in [1.82, 2.24) is 0 Å². The predicted octanol–water partition coefficient (Wildman–Crippen LogP) is 2.78. The van der Waals surface area contributed by atoms with E-state index in [0.717, 1.165) is 24.2 Å². The molecule has 3 rings (SSSR count). The maximum Gasteiger partial charge on any atom is 0.119 e. The fourth-order valence-electron chi connectivity index (χ4n) is 1.82. The topological polar surface area (TPSA) is 33.0 Å². The molecule has 2 aliphatic rings. The minimum Gasteiger partial charge on any atom is -0.490 e. The van der Waals surface area contributed by atoms with Crippen molar-refractivity contribution in [3.05, 3.63) is 29.8 Å². The van der Waals surface area contributed by atoms with Gasteiger partial charge in [-0.25, -0.2) is 0 Å². The zero-order valence-corrected chi connectivity index (χ0v) is 8.57. The summed E-state index contributed by atoms with van der Waals surface area (Å²) in [5.74, 6) is 0.940. The van der Waals surface area contributed by atoms with E-state index in [2.05, 4.69) is 6.07 Å². The quantitative estimate of drug-likeness (QED) is 0.749. The number of nitriles is 1. The molecule has 1 aromatic rings. The molecular formula is C13H13NO. The highest BCUT2D eigenvalue weighted by Crippen LogP contribution is 2.47. The smallest absolute Gasteiger partial charge is 0.119 e. The summed E-state index contributed by atoms with van der Waals surface area (Å²) in [7, 11) is 0. The van der Waals surface area contributed by atoms with Gasteiger partial charge in [0.15, 0.2) is 0 Å². The van der Waals surface area contributed by atoms with Crippen LogP contribution in [0.25, 0.3) is 0 Å². The third-order valence-corrected chi connectivity index (χ3v) is 3.20. The molecule has 0 saturated heterocycles. The van der Waals surface area contributed by atoms with Crippen LogP contribution in [0.1, 0.15) is 31.2 Å². The molecule has 76 valence electrons. The van der Waals surface area contributed by atoms with Gasteiger partial charge in [-0.05, 0) is 43.4 Å². The molecule has 0 atom stereocenters. The van der Waals surface area contributed by atoms with Crippen LogP contribution in [-0.4, -0.2) is 6.10 Å². The molecule has 2 nitrogen and oxygen atoms in total. The second-order valence-corrected chi connectivity index (χ2v) is 4.54. The van der Waals surface area contributed by atoms with E-state index in [9.17, 15) is 0 Å². The Morgan fingerprint density at radius 3 is 2.33 bits per heavy atom. The highest BCUT2D eigenvalue weighted by molar-refractivity contribution is 5.41. The van der Waals surface area contributed by atoms with E-state index in [4.69, 9.17) is 10.00 Å². The van der Waals surface area contributed by atoms with Crippen LogP contribution < -0.4 is 4.74 Å². The van der Waals surface area contributed by atoms with Crippen LogP contribution in [-0.2, 0) is 5.41 Å². The largest absolute Gasteiger partial charge is 0.490 e.